The van der Waals surface area contributed by atoms with Crippen molar-refractivity contribution in [3.8, 4) is 11.8 Å². The van der Waals surface area contributed by atoms with Crippen molar-refractivity contribution in [2.75, 3.05) is 19.8 Å². The van der Waals surface area contributed by atoms with Crippen LogP contribution in [0.2, 0.25) is 0 Å². The van der Waals surface area contributed by atoms with Crippen LogP contribution in [0.25, 0.3) is 0 Å². The average Bonchev–Trinajstić information content (AvgIpc) is 2.46. The van der Waals surface area contributed by atoms with Crippen LogP contribution in [-0.4, -0.2) is 36.7 Å². The van der Waals surface area contributed by atoms with Gasteiger partial charge < -0.3 is 15.2 Å². The minimum Gasteiger partial charge on any atom is -0.465 e. The summed E-state index contributed by atoms with van der Waals surface area (Å²) in [6, 6.07) is 6.83. The Hall–Kier alpha value is -2.32. The largest absolute Gasteiger partial charge is 0.465 e. The predicted octanol–water partition coefficient (Wildman–Crippen LogP) is 0.713. The van der Waals surface area contributed by atoms with Crippen molar-refractivity contribution < 1.29 is 19.4 Å². The van der Waals surface area contributed by atoms with Crippen molar-refractivity contribution in [1.82, 2.24) is 5.32 Å². The molecule has 2 N–H and O–H groups in total. The van der Waals surface area contributed by atoms with Crippen LogP contribution in [0.1, 0.15) is 29.3 Å². The van der Waals surface area contributed by atoms with Crippen LogP contribution in [0, 0.1) is 11.8 Å². The molecular weight excluding hydrogens is 258 g/mol. The van der Waals surface area contributed by atoms with Crippen LogP contribution in [0.15, 0.2) is 24.3 Å². The molecule has 0 radical (unpaired) electrons. The van der Waals surface area contributed by atoms with Crippen LogP contribution in [0.4, 0.5) is 0 Å². The van der Waals surface area contributed by atoms with Crippen LogP contribution in [0.5, 0.6) is 0 Å². The first-order valence-electron chi connectivity index (χ1n) is 6.31. The summed E-state index contributed by atoms with van der Waals surface area (Å²) in [5.41, 5.74) is 0.949. The Morgan fingerprint density at radius 1 is 1.35 bits per heavy atom. The minimum atomic E-state index is -0.482. The maximum Gasteiger partial charge on any atom is 0.325 e. The van der Waals surface area contributed by atoms with E-state index in [9.17, 15) is 9.59 Å². The van der Waals surface area contributed by atoms with Crippen molar-refractivity contribution in [2.24, 2.45) is 0 Å². The van der Waals surface area contributed by atoms with E-state index in [0.29, 0.717) is 17.5 Å². The number of amides is 1. The number of rotatable bonds is 5. The molecule has 0 aromatic heterocycles. The molecule has 1 aromatic carbocycles. The number of ether oxygens (including phenoxy) is 1. The Morgan fingerprint density at radius 2 is 2.10 bits per heavy atom. The number of esters is 1. The summed E-state index contributed by atoms with van der Waals surface area (Å²) < 4.78 is 4.73. The SMILES string of the molecule is CCOC(=O)CNC(=O)c1ccccc1C#CCCO. The van der Waals surface area contributed by atoms with Crippen LogP contribution >= 0.6 is 0 Å². The Bertz CT molecular complexity index is 528. The van der Waals surface area contributed by atoms with Gasteiger partial charge in [-0.25, -0.2) is 0 Å². The molecule has 0 spiro atoms. The molecule has 0 fully saturated rings. The molecule has 5 heteroatoms. The second-order valence-corrected chi connectivity index (χ2v) is 3.81. The highest BCUT2D eigenvalue weighted by Crippen LogP contribution is 2.07. The van der Waals surface area contributed by atoms with E-state index in [1.807, 2.05) is 0 Å². The van der Waals surface area contributed by atoms with E-state index in [0.717, 1.165) is 0 Å². The first kappa shape index (κ1) is 15.7. The molecule has 1 aromatic rings. The third-order valence-corrected chi connectivity index (χ3v) is 2.33. The number of carbonyl (C=O) groups is 2. The lowest BCUT2D eigenvalue weighted by Crippen LogP contribution is -2.31. The van der Waals surface area contributed by atoms with Gasteiger partial charge in [-0.15, -0.1) is 0 Å². The summed E-state index contributed by atoms with van der Waals surface area (Å²) in [5.74, 6) is 4.72. The number of aliphatic hydroxyl groups is 1. The second kappa shape index (κ2) is 8.73. The van der Waals surface area contributed by atoms with Gasteiger partial charge in [0.1, 0.15) is 6.54 Å². The minimum absolute atomic E-state index is 0.0236. The van der Waals surface area contributed by atoms with Gasteiger partial charge >= 0.3 is 5.97 Å². The van der Waals surface area contributed by atoms with Gasteiger partial charge in [-0.05, 0) is 19.1 Å². The molecule has 0 atom stereocenters. The fraction of sp³-hybridized carbons (Fsp3) is 0.333. The van der Waals surface area contributed by atoms with E-state index in [4.69, 9.17) is 9.84 Å². The molecular formula is C15H17NO4. The van der Waals surface area contributed by atoms with Crippen molar-refractivity contribution in [3.05, 3.63) is 35.4 Å². The highest BCUT2D eigenvalue weighted by molar-refractivity contribution is 5.98. The van der Waals surface area contributed by atoms with Gasteiger partial charge in [0.05, 0.1) is 18.8 Å². The van der Waals surface area contributed by atoms with Crippen LogP contribution < -0.4 is 5.32 Å². The lowest BCUT2D eigenvalue weighted by Gasteiger charge is -2.06. The fourth-order valence-electron chi connectivity index (χ4n) is 1.46. The number of hydrogen-bond donors (Lipinski definition) is 2. The number of hydrogen-bond acceptors (Lipinski definition) is 4. The molecule has 1 amide bonds. The maximum absolute atomic E-state index is 12.0. The zero-order valence-corrected chi connectivity index (χ0v) is 11.3. The number of aliphatic hydroxyl groups excluding tert-OH is 1. The zero-order valence-electron chi connectivity index (χ0n) is 11.3. The summed E-state index contributed by atoms with van der Waals surface area (Å²) in [4.78, 5) is 23.2. The lowest BCUT2D eigenvalue weighted by molar-refractivity contribution is -0.141. The van der Waals surface area contributed by atoms with Gasteiger partial charge in [-0.1, -0.05) is 24.0 Å². The van der Waals surface area contributed by atoms with E-state index in [1.165, 1.54) is 0 Å². The van der Waals surface area contributed by atoms with Crippen molar-refractivity contribution in [3.63, 3.8) is 0 Å². The molecule has 0 aliphatic heterocycles. The normalized spacial score (nSPS) is 9.30. The van der Waals surface area contributed by atoms with E-state index in [1.54, 1.807) is 31.2 Å². The number of benzene rings is 1. The fourth-order valence-corrected chi connectivity index (χ4v) is 1.46. The molecule has 0 heterocycles. The third kappa shape index (κ3) is 5.12. The smallest absolute Gasteiger partial charge is 0.325 e. The predicted molar refractivity (Wildman–Crippen MR) is 74.0 cm³/mol. The van der Waals surface area contributed by atoms with Gasteiger partial charge in [-0.2, -0.15) is 0 Å². The molecule has 0 aliphatic carbocycles. The van der Waals surface area contributed by atoms with Gasteiger partial charge in [0.25, 0.3) is 5.91 Å². The van der Waals surface area contributed by atoms with Gasteiger partial charge in [0.15, 0.2) is 0 Å². The van der Waals surface area contributed by atoms with E-state index >= 15 is 0 Å². The first-order chi connectivity index (χ1) is 9.69. The monoisotopic (exact) mass is 275 g/mol. The first-order valence-corrected chi connectivity index (χ1v) is 6.31. The van der Waals surface area contributed by atoms with Crippen molar-refractivity contribution >= 4 is 11.9 Å². The quantitative estimate of drug-likeness (QED) is 0.613. The summed E-state index contributed by atoms with van der Waals surface area (Å²) in [5, 5.41) is 11.2. The summed E-state index contributed by atoms with van der Waals surface area (Å²) in [6.45, 7) is 1.78. The highest BCUT2D eigenvalue weighted by atomic mass is 16.5. The molecule has 106 valence electrons. The molecule has 0 unspecified atom stereocenters. The summed E-state index contributed by atoms with van der Waals surface area (Å²) >= 11 is 0. The standard InChI is InChI=1S/C15H17NO4/c1-2-20-14(18)11-16-15(19)13-9-4-3-7-12(13)8-5-6-10-17/h3-4,7,9,17H,2,6,10-11H2,1H3,(H,16,19). The van der Waals surface area contributed by atoms with E-state index < -0.39 is 5.97 Å². The Balaban J connectivity index is 2.73. The highest BCUT2D eigenvalue weighted by Gasteiger charge is 2.11. The maximum atomic E-state index is 12.0. The molecule has 0 saturated heterocycles. The number of nitrogens with one attached hydrogen (secondary N) is 1. The summed E-state index contributed by atoms with van der Waals surface area (Å²) in [7, 11) is 0. The molecule has 5 nitrogen and oxygen atoms in total. The molecule has 0 aliphatic rings. The van der Waals surface area contributed by atoms with Gasteiger partial charge in [-0.3, -0.25) is 9.59 Å². The molecule has 0 saturated carbocycles. The Kier molecular flexibility index (Phi) is 6.87. The lowest BCUT2D eigenvalue weighted by atomic mass is 10.1. The summed E-state index contributed by atoms with van der Waals surface area (Å²) in [6.07, 6.45) is 0.346. The molecule has 1 rings (SSSR count). The topological polar surface area (TPSA) is 75.6 Å². The van der Waals surface area contributed by atoms with Crippen LogP contribution in [-0.2, 0) is 9.53 Å². The third-order valence-electron chi connectivity index (χ3n) is 2.33. The molecule has 20 heavy (non-hydrogen) atoms. The van der Waals surface area contributed by atoms with Gasteiger partial charge in [0, 0.05) is 12.0 Å². The molecule has 0 bridgehead atoms. The second-order valence-electron chi connectivity index (χ2n) is 3.81. The van der Waals surface area contributed by atoms with E-state index in [-0.39, 0.29) is 25.7 Å². The van der Waals surface area contributed by atoms with Crippen LogP contribution in [0.3, 0.4) is 0 Å². The number of carbonyl (C=O) groups excluding carboxylic acids is 2. The Morgan fingerprint density at radius 3 is 2.80 bits per heavy atom. The van der Waals surface area contributed by atoms with Gasteiger partial charge in [0.2, 0.25) is 0 Å². The average molecular weight is 275 g/mol. The zero-order chi connectivity index (χ0) is 14.8. The Labute approximate surface area is 117 Å². The van der Waals surface area contributed by atoms with Crippen molar-refractivity contribution in [1.29, 1.82) is 0 Å². The van der Waals surface area contributed by atoms with E-state index in [2.05, 4.69) is 17.2 Å². The van der Waals surface area contributed by atoms with Crippen molar-refractivity contribution in [2.45, 2.75) is 13.3 Å².